The van der Waals surface area contributed by atoms with Crippen molar-refractivity contribution in [2.75, 3.05) is 0 Å². The molecule has 0 aliphatic carbocycles. The van der Waals surface area contributed by atoms with Crippen molar-refractivity contribution in [1.29, 1.82) is 0 Å². The van der Waals surface area contributed by atoms with Gasteiger partial charge in [0, 0.05) is 6.07 Å². The highest BCUT2D eigenvalue weighted by Gasteiger charge is 2.57. The van der Waals surface area contributed by atoms with Gasteiger partial charge in [0.25, 0.3) is 5.69 Å². The fourth-order valence-corrected chi connectivity index (χ4v) is 2.39. The monoisotopic (exact) mass is 433 g/mol. The Morgan fingerprint density at radius 3 is 1.69 bits per heavy atom. The highest BCUT2D eigenvalue weighted by Crippen LogP contribution is 2.46. The zero-order valence-corrected chi connectivity index (χ0v) is 13.7. The Balaban J connectivity index is 2.34. The maximum atomic E-state index is 12.9. The summed E-state index contributed by atoms with van der Waals surface area (Å²) in [6.45, 7) is 0. The third kappa shape index (κ3) is 5.29. The standard InChI is InChI=1S/C16H8F9NO3/c17-14(18,19)11-7-10(5-6-12(11)26(27)28)29-9-3-1-8(2-4-9)13(15(20,21)22)16(23,24)25/h1-7,13H. The summed E-state index contributed by atoms with van der Waals surface area (Å²) in [5, 5.41) is 10.7. The van der Waals surface area contributed by atoms with Crippen LogP contribution >= 0.6 is 0 Å². The Bertz CT molecular complexity index is 872. The number of benzene rings is 2. The summed E-state index contributed by atoms with van der Waals surface area (Å²) < 4.78 is 120. The Morgan fingerprint density at radius 1 is 0.793 bits per heavy atom. The van der Waals surface area contributed by atoms with Gasteiger partial charge >= 0.3 is 18.5 Å². The molecule has 0 aliphatic rings. The first-order chi connectivity index (χ1) is 13.1. The third-order valence-corrected chi connectivity index (χ3v) is 3.57. The molecular formula is C16H8F9NO3. The molecule has 0 N–H and O–H groups in total. The average Bonchev–Trinajstić information content (AvgIpc) is 2.53. The first-order valence-corrected chi connectivity index (χ1v) is 7.37. The van der Waals surface area contributed by atoms with E-state index in [1.165, 1.54) is 0 Å². The van der Waals surface area contributed by atoms with Gasteiger partial charge in [0.05, 0.1) is 4.92 Å². The van der Waals surface area contributed by atoms with Gasteiger partial charge in [0.15, 0.2) is 5.92 Å². The average molecular weight is 433 g/mol. The van der Waals surface area contributed by atoms with Crippen LogP contribution in [0, 0.1) is 10.1 Å². The molecule has 0 saturated heterocycles. The first-order valence-electron chi connectivity index (χ1n) is 7.37. The van der Waals surface area contributed by atoms with Crippen molar-refractivity contribution in [1.82, 2.24) is 0 Å². The van der Waals surface area contributed by atoms with Crippen molar-refractivity contribution in [3.05, 3.63) is 63.7 Å². The number of hydrogen-bond acceptors (Lipinski definition) is 3. The van der Waals surface area contributed by atoms with E-state index in [1.807, 2.05) is 0 Å². The topological polar surface area (TPSA) is 52.4 Å². The smallest absolute Gasteiger partial charge is 0.423 e. The van der Waals surface area contributed by atoms with Gasteiger partial charge in [-0.3, -0.25) is 10.1 Å². The Hall–Kier alpha value is -2.99. The van der Waals surface area contributed by atoms with Gasteiger partial charge in [0.1, 0.15) is 17.1 Å². The third-order valence-electron chi connectivity index (χ3n) is 3.57. The van der Waals surface area contributed by atoms with Crippen molar-refractivity contribution in [2.45, 2.75) is 24.4 Å². The maximum Gasteiger partial charge on any atom is 0.423 e. The second kappa shape index (κ2) is 7.44. The predicted molar refractivity (Wildman–Crippen MR) is 79.5 cm³/mol. The summed E-state index contributed by atoms with van der Waals surface area (Å²) in [5.74, 6) is -4.68. The second-order valence-electron chi connectivity index (χ2n) is 5.62. The minimum Gasteiger partial charge on any atom is -0.457 e. The lowest BCUT2D eigenvalue weighted by Crippen LogP contribution is -2.34. The summed E-state index contributed by atoms with van der Waals surface area (Å²) in [4.78, 5) is 9.41. The number of hydrogen-bond donors (Lipinski definition) is 0. The van der Waals surface area contributed by atoms with E-state index in [0.29, 0.717) is 36.4 Å². The molecule has 0 aliphatic heterocycles. The van der Waals surface area contributed by atoms with Gasteiger partial charge in [0.2, 0.25) is 0 Å². The number of ether oxygens (including phenoxy) is 1. The van der Waals surface area contributed by atoms with E-state index >= 15 is 0 Å². The lowest BCUT2D eigenvalue weighted by atomic mass is 9.98. The molecule has 13 heteroatoms. The summed E-state index contributed by atoms with van der Waals surface area (Å²) in [6, 6.07) is 3.95. The van der Waals surface area contributed by atoms with Crippen LogP contribution in [-0.2, 0) is 6.18 Å². The fourth-order valence-electron chi connectivity index (χ4n) is 2.39. The fraction of sp³-hybridized carbons (Fsp3) is 0.250. The molecule has 2 aromatic carbocycles. The van der Waals surface area contributed by atoms with Crippen molar-refractivity contribution < 1.29 is 49.2 Å². The molecule has 0 bridgehead atoms. The normalized spacial score (nSPS) is 12.9. The SMILES string of the molecule is O=[N+]([O-])c1ccc(Oc2ccc(C(C(F)(F)F)C(F)(F)F)cc2)cc1C(F)(F)F. The summed E-state index contributed by atoms with van der Waals surface area (Å²) >= 11 is 0. The maximum absolute atomic E-state index is 12.9. The van der Waals surface area contributed by atoms with Crippen LogP contribution < -0.4 is 4.74 Å². The van der Waals surface area contributed by atoms with Crippen molar-refractivity contribution >= 4 is 5.69 Å². The highest BCUT2D eigenvalue weighted by molar-refractivity contribution is 5.48. The molecule has 0 saturated carbocycles. The van der Waals surface area contributed by atoms with Gasteiger partial charge < -0.3 is 4.74 Å². The quantitative estimate of drug-likeness (QED) is 0.310. The van der Waals surface area contributed by atoms with Crippen LogP contribution in [0.25, 0.3) is 0 Å². The largest absolute Gasteiger partial charge is 0.457 e. The first kappa shape index (κ1) is 22.3. The van der Waals surface area contributed by atoms with E-state index in [2.05, 4.69) is 0 Å². The molecule has 0 heterocycles. The molecule has 2 aromatic rings. The molecule has 2 rings (SSSR count). The Labute approximate surface area is 155 Å². The minimum absolute atomic E-state index is 0.292. The molecule has 0 unspecified atom stereocenters. The van der Waals surface area contributed by atoms with E-state index < -0.39 is 51.9 Å². The number of nitro benzene ring substituents is 1. The van der Waals surface area contributed by atoms with Crippen LogP contribution in [0.15, 0.2) is 42.5 Å². The zero-order chi connectivity index (χ0) is 22.2. The number of halogens is 9. The molecule has 4 nitrogen and oxygen atoms in total. The van der Waals surface area contributed by atoms with Crippen LogP contribution in [0.5, 0.6) is 11.5 Å². The molecule has 0 radical (unpaired) electrons. The van der Waals surface area contributed by atoms with Crippen molar-refractivity contribution in [3.63, 3.8) is 0 Å². The summed E-state index contributed by atoms with van der Waals surface area (Å²) in [6.07, 6.45) is -16.3. The molecule has 0 atom stereocenters. The van der Waals surface area contributed by atoms with Gasteiger partial charge in [-0.15, -0.1) is 0 Å². The van der Waals surface area contributed by atoms with Crippen LogP contribution in [0.2, 0.25) is 0 Å². The van der Waals surface area contributed by atoms with Gasteiger partial charge in [-0.2, -0.15) is 39.5 Å². The lowest BCUT2D eigenvalue weighted by Gasteiger charge is -2.23. The molecule has 29 heavy (non-hydrogen) atoms. The van der Waals surface area contributed by atoms with E-state index in [-0.39, 0.29) is 5.75 Å². The number of nitrogens with zero attached hydrogens (tertiary/aromatic N) is 1. The minimum atomic E-state index is -5.61. The van der Waals surface area contributed by atoms with E-state index in [0.717, 1.165) is 6.07 Å². The van der Waals surface area contributed by atoms with Crippen LogP contribution in [0.4, 0.5) is 45.2 Å². The Morgan fingerprint density at radius 2 is 1.28 bits per heavy atom. The van der Waals surface area contributed by atoms with Gasteiger partial charge in [-0.25, -0.2) is 0 Å². The predicted octanol–water partition coefficient (Wildman–Crippen LogP) is 6.61. The van der Waals surface area contributed by atoms with E-state index in [9.17, 15) is 49.6 Å². The molecule has 0 spiro atoms. The van der Waals surface area contributed by atoms with Gasteiger partial charge in [-0.05, 0) is 29.8 Å². The van der Waals surface area contributed by atoms with Crippen molar-refractivity contribution in [2.24, 2.45) is 0 Å². The summed E-state index contributed by atoms with van der Waals surface area (Å²) in [5.41, 5.74) is -4.03. The van der Waals surface area contributed by atoms with Crippen LogP contribution in [0.1, 0.15) is 17.0 Å². The van der Waals surface area contributed by atoms with Crippen LogP contribution in [-0.4, -0.2) is 17.3 Å². The highest BCUT2D eigenvalue weighted by atomic mass is 19.4. The van der Waals surface area contributed by atoms with Crippen LogP contribution in [0.3, 0.4) is 0 Å². The number of alkyl halides is 9. The van der Waals surface area contributed by atoms with Crippen molar-refractivity contribution in [3.8, 4) is 11.5 Å². The summed E-state index contributed by atoms with van der Waals surface area (Å²) in [7, 11) is 0. The zero-order valence-electron chi connectivity index (χ0n) is 13.7. The second-order valence-corrected chi connectivity index (χ2v) is 5.62. The number of nitro groups is 1. The Kier molecular flexibility index (Phi) is 5.72. The molecule has 158 valence electrons. The lowest BCUT2D eigenvalue weighted by molar-refractivity contribution is -0.388. The number of rotatable bonds is 4. The molecule has 0 aromatic heterocycles. The molecular weight excluding hydrogens is 425 g/mol. The van der Waals surface area contributed by atoms with E-state index in [1.54, 1.807) is 0 Å². The van der Waals surface area contributed by atoms with Gasteiger partial charge in [-0.1, -0.05) is 12.1 Å². The molecule has 0 fully saturated rings. The molecule has 0 amide bonds. The van der Waals surface area contributed by atoms with E-state index in [4.69, 9.17) is 4.74 Å².